The molecule has 33 heavy (non-hydrogen) atoms. The minimum Gasteiger partial charge on any atom is -0.466 e. The Morgan fingerprint density at radius 3 is 2.52 bits per heavy atom. The zero-order valence-corrected chi connectivity index (χ0v) is 18.8. The lowest BCUT2D eigenvalue weighted by molar-refractivity contribution is -0.136. The van der Waals surface area contributed by atoms with Crippen molar-refractivity contribution in [2.75, 3.05) is 7.11 Å². The number of nitrogens with one attached hydrogen (secondary N) is 1. The molecular weight excluding hydrogens is 436 g/mol. The summed E-state index contributed by atoms with van der Waals surface area (Å²) in [6.45, 7) is 1.77. The van der Waals surface area contributed by atoms with Crippen LogP contribution in [0.3, 0.4) is 0 Å². The maximum atomic E-state index is 13.6. The molecule has 1 unspecified atom stereocenters. The fourth-order valence-corrected chi connectivity index (χ4v) is 5.06. The number of carbonyl (C=O) groups excluding carboxylic acids is 1. The average molecular weight is 457 g/mol. The number of aromatic amines is 1. The fraction of sp³-hybridized carbons (Fsp3) is 0.120. The van der Waals surface area contributed by atoms with Crippen molar-refractivity contribution in [3.05, 3.63) is 109 Å². The first-order valence-electron chi connectivity index (χ1n) is 10.3. The lowest BCUT2D eigenvalue weighted by Crippen LogP contribution is -2.39. The van der Waals surface area contributed by atoms with Gasteiger partial charge in [-0.15, -0.1) is 0 Å². The third kappa shape index (κ3) is 3.64. The normalized spacial score (nSPS) is 15.8. The zero-order chi connectivity index (χ0) is 22.9. The lowest BCUT2D eigenvalue weighted by Gasteiger charge is -2.24. The van der Waals surface area contributed by atoms with E-state index in [0.29, 0.717) is 20.6 Å². The molecule has 0 bridgehead atoms. The molecule has 0 aliphatic carbocycles. The van der Waals surface area contributed by atoms with Crippen LogP contribution < -0.4 is 14.9 Å². The summed E-state index contributed by atoms with van der Waals surface area (Å²) in [5.41, 5.74) is 4.08. The van der Waals surface area contributed by atoms with Crippen molar-refractivity contribution in [1.29, 1.82) is 0 Å². The van der Waals surface area contributed by atoms with Gasteiger partial charge in [-0.3, -0.25) is 14.5 Å². The van der Waals surface area contributed by atoms with Crippen LogP contribution in [0.5, 0.6) is 0 Å². The summed E-state index contributed by atoms with van der Waals surface area (Å²) in [4.78, 5) is 31.4. The molecule has 1 N–H and O–H groups in total. The highest BCUT2D eigenvalue weighted by Gasteiger charge is 2.32. The van der Waals surface area contributed by atoms with Crippen LogP contribution in [0.25, 0.3) is 17.3 Å². The minimum atomic E-state index is -0.616. The highest BCUT2D eigenvalue weighted by atomic mass is 32.1. The van der Waals surface area contributed by atoms with E-state index in [1.165, 1.54) is 18.4 Å². The van der Waals surface area contributed by atoms with Crippen LogP contribution >= 0.6 is 11.3 Å². The van der Waals surface area contributed by atoms with E-state index in [0.717, 1.165) is 22.4 Å². The quantitative estimate of drug-likeness (QED) is 0.478. The molecule has 0 fully saturated rings. The van der Waals surface area contributed by atoms with Crippen molar-refractivity contribution in [3.8, 4) is 11.3 Å². The van der Waals surface area contributed by atoms with Crippen LogP contribution in [0, 0.1) is 0 Å². The van der Waals surface area contributed by atoms with Crippen LogP contribution in [0.15, 0.2) is 87.9 Å². The smallest absolute Gasteiger partial charge is 0.338 e. The number of nitrogens with zero attached hydrogens (tertiary/aromatic N) is 3. The maximum absolute atomic E-state index is 13.6. The third-order valence-corrected chi connectivity index (χ3v) is 6.54. The Morgan fingerprint density at radius 2 is 1.82 bits per heavy atom. The number of ether oxygens (including phenoxy) is 1. The second-order valence-corrected chi connectivity index (χ2v) is 8.56. The van der Waals surface area contributed by atoms with Gasteiger partial charge < -0.3 is 4.74 Å². The number of thiazole rings is 1. The van der Waals surface area contributed by atoms with E-state index < -0.39 is 12.0 Å². The van der Waals surface area contributed by atoms with Gasteiger partial charge in [0.1, 0.15) is 0 Å². The largest absolute Gasteiger partial charge is 0.466 e. The predicted molar refractivity (Wildman–Crippen MR) is 126 cm³/mol. The molecule has 4 aromatic rings. The average Bonchev–Trinajstić information content (AvgIpc) is 3.43. The minimum absolute atomic E-state index is 0.221. The van der Waals surface area contributed by atoms with E-state index in [4.69, 9.17) is 4.74 Å². The van der Waals surface area contributed by atoms with Gasteiger partial charge in [-0.2, -0.15) is 5.10 Å². The molecule has 3 heterocycles. The number of allylic oxidation sites excluding steroid dienone is 1. The van der Waals surface area contributed by atoms with E-state index >= 15 is 0 Å². The van der Waals surface area contributed by atoms with E-state index in [-0.39, 0.29) is 5.56 Å². The fourth-order valence-electron chi connectivity index (χ4n) is 4.03. The van der Waals surface area contributed by atoms with Gasteiger partial charge in [0.25, 0.3) is 5.56 Å². The molecule has 2 aromatic heterocycles. The molecule has 0 saturated carbocycles. The maximum Gasteiger partial charge on any atom is 0.338 e. The van der Waals surface area contributed by atoms with E-state index in [1.54, 1.807) is 17.7 Å². The number of carbonyl (C=O) groups is 1. The topological polar surface area (TPSA) is 89.3 Å². The van der Waals surface area contributed by atoms with Gasteiger partial charge in [0.15, 0.2) is 4.80 Å². The molecule has 8 heteroatoms. The summed E-state index contributed by atoms with van der Waals surface area (Å²) in [5, 5.41) is 7.19. The standard InChI is InChI=1S/C25H20N4O3S/c1-15-20(24(31)32-2)22(17-11-7-4-8-12-17)29-23(30)19(33-25(29)27-15)13-18-14-26-28-21(18)16-9-5-3-6-10-16/h3-14,22H,1-2H3,(H,26,28)/b19-13-. The Labute approximate surface area is 193 Å². The zero-order valence-electron chi connectivity index (χ0n) is 18.0. The molecular formula is C25H20N4O3S. The Bertz CT molecular complexity index is 1550. The highest BCUT2D eigenvalue weighted by Crippen LogP contribution is 2.30. The molecule has 0 saturated heterocycles. The van der Waals surface area contributed by atoms with Crippen LogP contribution in [0.4, 0.5) is 0 Å². The summed E-state index contributed by atoms with van der Waals surface area (Å²) in [6.07, 6.45) is 3.51. The number of hydrogen-bond donors (Lipinski definition) is 1. The molecule has 2 aromatic carbocycles. The van der Waals surface area contributed by atoms with Crippen LogP contribution in [-0.4, -0.2) is 27.8 Å². The summed E-state index contributed by atoms with van der Waals surface area (Å²) >= 11 is 1.29. The summed E-state index contributed by atoms with van der Waals surface area (Å²) < 4.78 is 7.12. The second kappa shape index (κ2) is 8.48. The third-order valence-electron chi connectivity index (χ3n) is 5.56. The van der Waals surface area contributed by atoms with Gasteiger partial charge >= 0.3 is 5.97 Å². The van der Waals surface area contributed by atoms with E-state index in [9.17, 15) is 9.59 Å². The number of hydrogen-bond acceptors (Lipinski definition) is 6. The molecule has 1 aliphatic rings. The van der Waals surface area contributed by atoms with Gasteiger partial charge in [0, 0.05) is 11.1 Å². The van der Waals surface area contributed by atoms with Crippen molar-refractivity contribution in [2.24, 2.45) is 4.99 Å². The second-order valence-electron chi connectivity index (χ2n) is 7.55. The summed E-state index contributed by atoms with van der Waals surface area (Å²) in [7, 11) is 1.33. The van der Waals surface area contributed by atoms with Crippen molar-refractivity contribution >= 4 is 23.4 Å². The Kier molecular flexibility index (Phi) is 5.35. The molecule has 0 amide bonds. The van der Waals surface area contributed by atoms with Crippen LogP contribution in [-0.2, 0) is 9.53 Å². The molecule has 1 atom stereocenters. The van der Waals surface area contributed by atoms with Crippen molar-refractivity contribution in [2.45, 2.75) is 13.0 Å². The van der Waals surface area contributed by atoms with Crippen molar-refractivity contribution in [3.63, 3.8) is 0 Å². The summed E-state index contributed by atoms with van der Waals surface area (Å²) in [6, 6.07) is 18.6. The van der Waals surface area contributed by atoms with Gasteiger partial charge in [-0.1, -0.05) is 72.0 Å². The lowest BCUT2D eigenvalue weighted by atomic mass is 9.96. The number of rotatable bonds is 4. The number of fused-ring (bicyclic) bond motifs is 1. The predicted octanol–water partition coefficient (Wildman–Crippen LogP) is 2.80. The van der Waals surface area contributed by atoms with E-state index in [2.05, 4.69) is 15.2 Å². The molecule has 0 spiro atoms. The number of aromatic nitrogens is 3. The van der Waals surface area contributed by atoms with Gasteiger partial charge in [-0.05, 0) is 18.6 Å². The number of esters is 1. The monoisotopic (exact) mass is 456 g/mol. The van der Waals surface area contributed by atoms with E-state index in [1.807, 2.05) is 66.7 Å². The number of methoxy groups -OCH3 is 1. The van der Waals surface area contributed by atoms with Crippen LogP contribution in [0.2, 0.25) is 0 Å². The van der Waals surface area contributed by atoms with Crippen molar-refractivity contribution < 1.29 is 9.53 Å². The summed E-state index contributed by atoms with van der Waals surface area (Å²) in [5.74, 6) is -0.499. The van der Waals surface area contributed by atoms with Gasteiger partial charge in [0.2, 0.25) is 0 Å². The first-order valence-corrected chi connectivity index (χ1v) is 11.1. The Morgan fingerprint density at radius 1 is 1.12 bits per heavy atom. The van der Waals surface area contributed by atoms with Crippen LogP contribution in [0.1, 0.15) is 24.1 Å². The SMILES string of the molecule is COC(=O)C1=C(C)N=c2s/c(=C\c3cn[nH]c3-c3ccccc3)c(=O)n2C1c1ccccc1. The molecule has 5 rings (SSSR count). The molecule has 7 nitrogen and oxygen atoms in total. The Hall–Kier alpha value is -4.04. The molecule has 164 valence electrons. The first kappa shape index (κ1) is 20.8. The van der Waals surface area contributed by atoms with Crippen molar-refractivity contribution in [1.82, 2.24) is 14.8 Å². The number of benzene rings is 2. The van der Waals surface area contributed by atoms with Gasteiger partial charge in [0.05, 0.1) is 40.8 Å². The molecule has 0 radical (unpaired) electrons. The number of H-pyrrole nitrogens is 1. The highest BCUT2D eigenvalue weighted by molar-refractivity contribution is 7.07. The first-order chi connectivity index (χ1) is 16.1. The Balaban J connectivity index is 1.72. The van der Waals surface area contributed by atoms with Gasteiger partial charge in [-0.25, -0.2) is 9.79 Å². The molecule has 1 aliphatic heterocycles.